The molecule has 2 aliphatic rings. The lowest BCUT2D eigenvalue weighted by Crippen LogP contribution is -2.26. The topological polar surface area (TPSA) is 51.8 Å². The van der Waals surface area contributed by atoms with Crippen molar-refractivity contribution in [1.29, 1.82) is 0 Å². The Hall–Kier alpha value is -8.21. The summed E-state index contributed by atoms with van der Waals surface area (Å²) in [6.45, 7) is 0. The largest absolute Gasteiger partial charge is 0.456 e. The van der Waals surface area contributed by atoms with E-state index < -0.39 is 5.41 Å². The van der Waals surface area contributed by atoms with Crippen LogP contribution in [-0.2, 0) is 5.41 Å². The summed E-state index contributed by atoms with van der Waals surface area (Å²) in [4.78, 5) is 15.6. The van der Waals surface area contributed by atoms with Crippen molar-refractivity contribution in [3.05, 3.63) is 235 Å². The molecule has 4 nitrogen and oxygen atoms in total. The summed E-state index contributed by atoms with van der Waals surface area (Å²) in [5, 5.41) is 2.19. The molecular formula is C58H35N3O. The van der Waals surface area contributed by atoms with Crippen molar-refractivity contribution in [2.45, 2.75) is 5.41 Å². The molecule has 0 fully saturated rings. The lowest BCUT2D eigenvalue weighted by Gasteiger charge is -2.32. The van der Waals surface area contributed by atoms with E-state index in [-0.39, 0.29) is 0 Å². The van der Waals surface area contributed by atoms with E-state index in [1.54, 1.807) is 0 Å². The van der Waals surface area contributed by atoms with Gasteiger partial charge >= 0.3 is 0 Å². The van der Waals surface area contributed by atoms with Gasteiger partial charge in [-0.1, -0.05) is 188 Å². The summed E-state index contributed by atoms with van der Waals surface area (Å²) < 4.78 is 6.27. The summed E-state index contributed by atoms with van der Waals surface area (Å²) in [7, 11) is 0. The minimum Gasteiger partial charge on any atom is -0.456 e. The maximum atomic E-state index is 6.27. The van der Waals surface area contributed by atoms with Crippen molar-refractivity contribution in [3.8, 4) is 78.7 Å². The second-order valence-corrected chi connectivity index (χ2v) is 16.2. The number of benzene rings is 9. The average Bonchev–Trinajstić information content (AvgIpc) is 3.99. The smallest absolute Gasteiger partial charge is 0.164 e. The highest BCUT2D eigenvalue weighted by atomic mass is 16.3. The molecule has 0 N–H and O–H groups in total. The summed E-state index contributed by atoms with van der Waals surface area (Å²) in [5.74, 6) is 1.85. The fourth-order valence-electron chi connectivity index (χ4n) is 10.4. The monoisotopic (exact) mass is 789 g/mol. The van der Waals surface area contributed by atoms with Gasteiger partial charge in [0.25, 0.3) is 0 Å². The molecule has 0 aliphatic heterocycles. The molecule has 0 saturated carbocycles. The fraction of sp³-hybridized carbons (Fsp3) is 0.0172. The Morgan fingerprint density at radius 3 is 1.39 bits per heavy atom. The Bertz CT molecular complexity index is 3540. The number of hydrogen-bond acceptors (Lipinski definition) is 4. The Kier molecular flexibility index (Phi) is 7.49. The highest BCUT2D eigenvalue weighted by Crippen LogP contribution is 2.64. The number of hydrogen-bond donors (Lipinski definition) is 0. The van der Waals surface area contributed by atoms with Crippen molar-refractivity contribution in [1.82, 2.24) is 15.0 Å². The summed E-state index contributed by atoms with van der Waals surface area (Å²) in [6.07, 6.45) is 0. The molecule has 11 aromatic rings. The van der Waals surface area contributed by atoms with E-state index in [9.17, 15) is 0 Å². The maximum absolute atomic E-state index is 6.27. The van der Waals surface area contributed by atoms with E-state index in [0.29, 0.717) is 17.5 Å². The zero-order valence-electron chi connectivity index (χ0n) is 33.5. The molecule has 0 atom stereocenters. The van der Waals surface area contributed by atoms with E-state index >= 15 is 0 Å². The van der Waals surface area contributed by atoms with Crippen LogP contribution in [0.1, 0.15) is 22.3 Å². The van der Waals surface area contributed by atoms with Crippen LogP contribution in [-0.4, -0.2) is 15.0 Å². The molecule has 2 heterocycles. The van der Waals surface area contributed by atoms with E-state index in [4.69, 9.17) is 19.4 Å². The number of furan rings is 1. The molecule has 1 spiro atoms. The highest BCUT2D eigenvalue weighted by molar-refractivity contribution is 6.12. The Balaban J connectivity index is 0.990. The number of rotatable bonds is 5. The molecule has 0 bridgehead atoms. The molecule has 2 aliphatic carbocycles. The number of nitrogens with zero attached hydrogens (tertiary/aromatic N) is 3. The molecule has 0 amide bonds. The molecule has 288 valence electrons. The molecule has 0 radical (unpaired) electrons. The standard InChI is InChI=1S/C58H35N3O/c1-2-16-36(17-3-1)55-59-56(39-20-12-18-37(34-39)41-26-15-33-52-53(41)47-25-7-11-32-51(47)62-52)61-57(60-55)40-21-13-19-38(35-40)42-27-14-28-46-45-24-6-10-31-50(45)58(54(42)46)48-29-8-4-22-43(48)44-23-5-9-30-49(44)58/h1-35H. The Morgan fingerprint density at radius 2 is 0.726 bits per heavy atom. The number of aromatic nitrogens is 3. The van der Waals surface area contributed by atoms with Gasteiger partial charge < -0.3 is 4.42 Å². The average molecular weight is 790 g/mol. The molecule has 9 aromatic carbocycles. The third-order valence-corrected chi connectivity index (χ3v) is 12.9. The van der Waals surface area contributed by atoms with Crippen LogP contribution in [0.5, 0.6) is 0 Å². The predicted octanol–water partition coefficient (Wildman–Crippen LogP) is 14.4. The second kappa shape index (κ2) is 13.4. The summed E-state index contributed by atoms with van der Waals surface area (Å²) in [6, 6.07) is 75.6. The van der Waals surface area contributed by atoms with Crippen LogP contribution >= 0.6 is 0 Å². The predicted molar refractivity (Wildman–Crippen MR) is 251 cm³/mol. The fourth-order valence-corrected chi connectivity index (χ4v) is 10.4. The van der Waals surface area contributed by atoms with Crippen LogP contribution in [0.4, 0.5) is 0 Å². The van der Waals surface area contributed by atoms with Gasteiger partial charge in [0.1, 0.15) is 11.2 Å². The minimum absolute atomic E-state index is 0.468. The van der Waals surface area contributed by atoms with Crippen LogP contribution < -0.4 is 0 Å². The lowest BCUT2D eigenvalue weighted by molar-refractivity contribution is 0.669. The third-order valence-electron chi connectivity index (χ3n) is 12.9. The van der Waals surface area contributed by atoms with Gasteiger partial charge in [-0.05, 0) is 91.0 Å². The molecule has 0 saturated heterocycles. The van der Waals surface area contributed by atoms with Crippen molar-refractivity contribution in [2.24, 2.45) is 0 Å². The lowest BCUT2D eigenvalue weighted by atomic mass is 9.68. The SMILES string of the molecule is c1ccc(-c2nc(-c3cccc(-c4cccc5c4C4(c6ccccc6-c6ccccc64)c4ccccc4-5)c3)nc(-c3cccc(-c4cccc5oc6ccccc6c45)c3)n2)cc1. The van der Waals surface area contributed by atoms with Gasteiger partial charge in [-0.2, -0.15) is 0 Å². The van der Waals surface area contributed by atoms with Crippen molar-refractivity contribution in [2.75, 3.05) is 0 Å². The zero-order chi connectivity index (χ0) is 40.8. The van der Waals surface area contributed by atoms with Gasteiger partial charge in [-0.3, -0.25) is 0 Å². The van der Waals surface area contributed by atoms with E-state index in [0.717, 1.165) is 55.3 Å². The van der Waals surface area contributed by atoms with Gasteiger partial charge in [0, 0.05) is 27.5 Å². The van der Waals surface area contributed by atoms with Crippen molar-refractivity contribution < 1.29 is 4.42 Å². The van der Waals surface area contributed by atoms with Gasteiger partial charge in [0.15, 0.2) is 17.5 Å². The molecule has 13 rings (SSSR count). The van der Waals surface area contributed by atoms with Gasteiger partial charge in [-0.15, -0.1) is 0 Å². The van der Waals surface area contributed by atoms with Gasteiger partial charge in [-0.25, -0.2) is 15.0 Å². The van der Waals surface area contributed by atoms with Crippen molar-refractivity contribution >= 4 is 21.9 Å². The first kappa shape index (κ1) is 34.6. The first-order chi connectivity index (χ1) is 30.7. The van der Waals surface area contributed by atoms with Crippen LogP contribution in [0.2, 0.25) is 0 Å². The Morgan fingerprint density at radius 1 is 0.306 bits per heavy atom. The normalized spacial score (nSPS) is 13.0. The molecule has 4 heteroatoms. The number of para-hydroxylation sites is 1. The quantitative estimate of drug-likeness (QED) is 0.174. The summed E-state index contributed by atoms with van der Waals surface area (Å²) in [5.41, 5.74) is 18.9. The van der Waals surface area contributed by atoms with Gasteiger partial charge in [0.05, 0.1) is 5.41 Å². The molecular weight excluding hydrogens is 755 g/mol. The van der Waals surface area contributed by atoms with Crippen LogP contribution in [0.3, 0.4) is 0 Å². The second-order valence-electron chi connectivity index (χ2n) is 16.2. The van der Waals surface area contributed by atoms with Crippen molar-refractivity contribution in [3.63, 3.8) is 0 Å². The van der Waals surface area contributed by atoms with E-state index in [1.807, 2.05) is 36.4 Å². The first-order valence-corrected chi connectivity index (χ1v) is 21.1. The van der Waals surface area contributed by atoms with Crippen LogP contribution in [0, 0.1) is 0 Å². The first-order valence-electron chi connectivity index (χ1n) is 21.1. The molecule has 0 unspecified atom stereocenters. The van der Waals surface area contributed by atoms with E-state index in [1.165, 1.54) is 50.1 Å². The van der Waals surface area contributed by atoms with Crippen LogP contribution in [0.25, 0.3) is 101 Å². The Labute approximate surface area is 358 Å². The third kappa shape index (κ3) is 4.98. The van der Waals surface area contributed by atoms with E-state index in [2.05, 4.69) is 176 Å². The number of fused-ring (bicyclic) bond motifs is 13. The highest BCUT2D eigenvalue weighted by Gasteiger charge is 2.52. The zero-order valence-corrected chi connectivity index (χ0v) is 33.5. The molecule has 2 aromatic heterocycles. The maximum Gasteiger partial charge on any atom is 0.164 e. The van der Waals surface area contributed by atoms with Gasteiger partial charge in [0.2, 0.25) is 0 Å². The summed E-state index contributed by atoms with van der Waals surface area (Å²) >= 11 is 0. The van der Waals surface area contributed by atoms with Crippen LogP contribution in [0.15, 0.2) is 217 Å². The minimum atomic E-state index is -0.468. The molecule has 62 heavy (non-hydrogen) atoms.